The summed E-state index contributed by atoms with van der Waals surface area (Å²) in [7, 11) is 3.43. The van der Waals surface area contributed by atoms with E-state index in [2.05, 4.69) is 20.9 Å². The monoisotopic (exact) mass is 275 g/mol. The van der Waals surface area contributed by atoms with E-state index in [0.29, 0.717) is 6.54 Å². The Morgan fingerprint density at radius 1 is 1.45 bits per heavy atom. The Kier molecular flexibility index (Phi) is 4.81. The van der Waals surface area contributed by atoms with Crippen molar-refractivity contribution in [1.82, 2.24) is 15.5 Å². The van der Waals surface area contributed by atoms with Gasteiger partial charge in [-0.3, -0.25) is 4.99 Å². The molecule has 108 valence electrons. The van der Waals surface area contributed by atoms with Gasteiger partial charge in [-0.25, -0.2) is 4.79 Å². The van der Waals surface area contributed by atoms with Gasteiger partial charge in [-0.15, -0.1) is 0 Å². The van der Waals surface area contributed by atoms with Crippen LogP contribution in [0, 0.1) is 0 Å². The molecule has 6 nitrogen and oxygen atoms in total. The number of aliphatic imine (C=N–C) groups is 1. The van der Waals surface area contributed by atoms with E-state index in [1.54, 1.807) is 14.1 Å². The minimum Gasteiger partial charge on any atom is -0.356 e. The molecule has 0 spiro atoms. The van der Waals surface area contributed by atoms with Gasteiger partial charge in [0.1, 0.15) is 0 Å². The average Bonchev–Trinajstić information content (AvgIpc) is 2.46. The summed E-state index contributed by atoms with van der Waals surface area (Å²) in [6.45, 7) is 2.51. The SMILES string of the molecule is CN(C)C(=O)Nc1cccc(CNC2=NCCCN2)c1. The zero-order valence-corrected chi connectivity index (χ0v) is 11.9. The van der Waals surface area contributed by atoms with E-state index in [-0.39, 0.29) is 6.03 Å². The van der Waals surface area contributed by atoms with Crippen LogP contribution in [-0.2, 0) is 6.54 Å². The molecule has 1 aromatic carbocycles. The first kappa shape index (κ1) is 14.2. The molecule has 0 radical (unpaired) electrons. The first-order valence-corrected chi connectivity index (χ1v) is 6.74. The third-order valence-corrected chi connectivity index (χ3v) is 2.94. The fraction of sp³-hybridized carbons (Fsp3) is 0.429. The average molecular weight is 275 g/mol. The number of carbonyl (C=O) groups excluding carboxylic acids is 1. The number of amides is 2. The maximum absolute atomic E-state index is 11.6. The number of nitrogens with one attached hydrogen (secondary N) is 3. The number of carbonyl (C=O) groups is 1. The molecule has 0 aromatic heterocycles. The second kappa shape index (κ2) is 6.79. The Morgan fingerprint density at radius 2 is 2.30 bits per heavy atom. The van der Waals surface area contributed by atoms with Crippen molar-refractivity contribution < 1.29 is 4.79 Å². The molecule has 1 heterocycles. The zero-order valence-electron chi connectivity index (χ0n) is 11.9. The Hall–Kier alpha value is -2.24. The van der Waals surface area contributed by atoms with Gasteiger partial charge < -0.3 is 20.9 Å². The first-order valence-electron chi connectivity index (χ1n) is 6.74. The van der Waals surface area contributed by atoms with E-state index in [0.717, 1.165) is 36.7 Å². The predicted molar refractivity (Wildman–Crippen MR) is 80.9 cm³/mol. The third kappa shape index (κ3) is 4.15. The molecule has 0 aliphatic carbocycles. The maximum atomic E-state index is 11.6. The van der Waals surface area contributed by atoms with Crippen LogP contribution < -0.4 is 16.0 Å². The highest BCUT2D eigenvalue weighted by Crippen LogP contribution is 2.11. The van der Waals surface area contributed by atoms with Crippen molar-refractivity contribution >= 4 is 17.7 Å². The molecule has 0 unspecified atom stereocenters. The summed E-state index contributed by atoms with van der Waals surface area (Å²) in [5, 5.41) is 9.30. The maximum Gasteiger partial charge on any atom is 0.321 e. The molecule has 20 heavy (non-hydrogen) atoms. The second-order valence-electron chi connectivity index (χ2n) is 4.89. The lowest BCUT2D eigenvalue weighted by Gasteiger charge is -2.16. The standard InChI is InChI=1S/C14H21N5O/c1-19(2)14(20)18-12-6-3-5-11(9-12)10-17-13-15-7-4-8-16-13/h3,5-6,9H,4,7-8,10H2,1-2H3,(H,18,20)(H2,15,16,17). The number of hydrogen-bond acceptors (Lipinski definition) is 4. The number of benzene rings is 1. The van der Waals surface area contributed by atoms with Crippen molar-refractivity contribution in [3.63, 3.8) is 0 Å². The normalized spacial score (nSPS) is 14.0. The number of nitrogens with zero attached hydrogens (tertiary/aromatic N) is 2. The van der Waals surface area contributed by atoms with Crippen molar-refractivity contribution in [1.29, 1.82) is 0 Å². The smallest absolute Gasteiger partial charge is 0.321 e. The lowest BCUT2D eigenvalue weighted by Crippen LogP contribution is -2.40. The van der Waals surface area contributed by atoms with Gasteiger partial charge in [0.05, 0.1) is 0 Å². The fourth-order valence-electron chi connectivity index (χ4n) is 1.83. The van der Waals surface area contributed by atoms with Gasteiger partial charge in [0, 0.05) is 39.4 Å². The third-order valence-electron chi connectivity index (χ3n) is 2.94. The summed E-state index contributed by atoms with van der Waals surface area (Å²) in [6.07, 6.45) is 1.08. The summed E-state index contributed by atoms with van der Waals surface area (Å²) < 4.78 is 0. The van der Waals surface area contributed by atoms with Crippen molar-refractivity contribution in [2.75, 3.05) is 32.5 Å². The first-order chi connectivity index (χ1) is 9.65. The summed E-state index contributed by atoms with van der Waals surface area (Å²) in [6, 6.07) is 7.65. The fourth-order valence-corrected chi connectivity index (χ4v) is 1.83. The molecular formula is C14H21N5O. The Morgan fingerprint density at radius 3 is 3.00 bits per heavy atom. The molecule has 1 aromatic rings. The van der Waals surface area contributed by atoms with Crippen LogP contribution in [-0.4, -0.2) is 44.1 Å². The molecule has 3 N–H and O–H groups in total. The Labute approximate surface area is 119 Å². The second-order valence-corrected chi connectivity index (χ2v) is 4.89. The van der Waals surface area contributed by atoms with E-state index in [1.807, 2.05) is 24.3 Å². The van der Waals surface area contributed by atoms with Gasteiger partial charge in [0.15, 0.2) is 5.96 Å². The van der Waals surface area contributed by atoms with E-state index in [1.165, 1.54) is 4.90 Å². The molecule has 0 atom stereocenters. The zero-order chi connectivity index (χ0) is 14.4. The molecular weight excluding hydrogens is 254 g/mol. The Balaban J connectivity index is 1.92. The number of urea groups is 1. The number of hydrogen-bond donors (Lipinski definition) is 3. The van der Waals surface area contributed by atoms with Crippen LogP contribution in [0.1, 0.15) is 12.0 Å². The highest BCUT2D eigenvalue weighted by molar-refractivity contribution is 5.89. The minimum atomic E-state index is -0.131. The molecule has 1 aliphatic heterocycles. The quantitative estimate of drug-likeness (QED) is 0.777. The van der Waals surface area contributed by atoms with E-state index < -0.39 is 0 Å². The number of guanidine groups is 1. The minimum absolute atomic E-state index is 0.131. The summed E-state index contributed by atoms with van der Waals surface area (Å²) >= 11 is 0. The predicted octanol–water partition coefficient (Wildman–Crippen LogP) is 1.22. The molecule has 1 aliphatic rings. The molecule has 0 bridgehead atoms. The van der Waals surface area contributed by atoms with Crippen molar-refractivity contribution in [3.05, 3.63) is 29.8 Å². The Bertz CT molecular complexity index is 498. The summed E-state index contributed by atoms with van der Waals surface area (Å²) in [4.78, 5) is 17.5. The van der Waals surface area contributed by atoms with E-state index in [4.69, 9.17) is 0 Å². The lowest BCUT2D eigenvalue weighted by atomic mass is 10.2. The summed E-state index contributed by atoms with van der Waals surface area (Å²) in [5.74, 6) is 0.846. The molecule has 6 heteroatoms. The highest BCUT2D eigenvalue weighted by atomic mass is 16.2. The van der Waals surface area contributed by atoms with E-state index in [9.17, 15) is 4.79 Å². The molecule has 0 saturated heterocycles. The molecule has 0 saturated carbocycles. The topological polar surface area (TPSA) is 68.8 Å². The highest BCUT2D eigenvalue weighted by Gasteiger charge is 2.05. The summed E-state index contributed by atoms with van der Waals surface area (Å²) in [5.41, 5.74) is 1.89. The van der Waals surface area contributed by atoms with Crippen LogP contribution in [0.3, 0.4) is 0 Å². The molecule has 0 fully saturated rings. The lowest BCUT2D eigenvalue weighted by molar-refractivity contribution is 0.230. The largest absolute Gasteiger partial charge is 0.356 e. The number of anilines is 1. The van der Waals surface area contributed by atoms with Crippen LogP contribution in [0.5, 0.6) is 0 Å². The van der Waals surface area contributed by atoms with Crippen LogP contribution in [0.25, 0.3) is 0 Å². The number of rotatable bonds is 3. The van der Waals surface area contributed by atoms with Gasteiger partial charge in [-0.2, -0.15) is 0 Å². The van der Waals surface area contributed by atoms with Gasteiger partial charge in [-0.1, -0.05) is 12.1 Å². The molecule has 2 amide bonds. The van der Waals surface area contributed by atoms with Gasteiger partial charge >= 0.3 is 6.03 Å². The van der Waals surface area contributed by atoms with Gasteiger partial charge in [-0.05, 0) is 24.1 Å². The van der Waals surface area contributed by atoms with Crippen molar-refractivity contribution in [2.24, 2.45) is 4.99 Å². The molecule has 2 rings (SSSR count). The van der Waals surface area contributed by atoms with Crippen LogP contribution in [0.15, 0.2) is 29.3 Å². The van der Waals surface area contributed by atoms with Gasteiger partial charge in [0.2, 0.25) is 0 Å². The van der Waals surface area contributed by atoms with Crippen molar-refractivity contribution in [2.45, 2.75) is 13.0 Å². The van der Waals surface area contributed by atoms with Crippen molar-refractivity contribution in [3.8, 4) is 0 Å². The van der Waals surface area contributed by atoms with Gasteiger partial charge in [0.25, 0.3) is 0 Å². The van der Waals surface area contributed by atoms with E-state index >= 15 is 0 Å². The van der Waals surface area contributed by atoms with Crippen LogP contribution in [0.2, 0.25) is 0 Å². The van der Waals surface area contributed by atoms with Crippen LogP contribution in [0.4, 0.5) is 10.5 Å². The van der Waals surface area contributed by atoms with Crippen LogP contribution >= 0.6 is 0 Å².